The zero-order chi connectivity index (χ0) is 15.9. The molecule has 1 heterocycles. The molecule has 1 N–H and O–H groups in total. The number of rotatable bonds is 3. The molecule has 7 heteroatoms. The van der Waals surface area contributed by atoms with Gasteiger partial charge in [0, 0.05) is 0 Å². The number of hydrogen-bond acceptors (Lipinski definition) is 5. The van der Waals surface area contributed by atoms with Gasteiger partial charge in [0.2, 0.25) is 0 Å². The minimum atomic E-state index is -1.98. The van der Waals surface area contributed by atoms with Gasteiger partial charge < -0.3 is 14.7 Å². The van der Waals surface area contributed by atoms with E-state index in [0.29, 0.717) is 5.56 Å². The molecule has 0 spiro atoms. The maximum atomic E-state index is 13.4. The first-order valence-electron chi connectivity index (χ1n) is 6.16. The van der Waals surface area contributed by atoms with Gasteiger partial charge in [-0.15, -0.1) is 0 Å². The first kappa shape index (κ1) is 15.1. The van der Waals surface area contributed by atoms with Crippen molar-refractivity contribution in [1.82, 2.24) is 0 Å². The van der Waals surface area contributed by atoms with Crippen molar-refractivity contribution in [2.24, 2.45) is 0 Å². The number of anilines is 1. The molecule has 0 saturated heterocycles. The number of fused-ring (bicyclic) bond motifs is 1. The fourth-order valence-electron chi connectivity index (χ4n) is 2.35. The molecule has 0 radical (unpaired) electrons. The largest absolute Gasteiger partial charge is 0.467 e. The fourth-order valence-corrected chi connectivity index (χ4v) is 2.35. The molecule has 0 aromatic heterocycles. The smallest absolute Gasteiger partial charge is 0.339 e. The molecule has 1 atom stereocenters. The number of carbonyl (C=O) groups is 3. The molecule has 1 amide bonds. The van der Waals surface area contributed by atoms with Gasteiger partial charge in [-0.3, -0.25) is 9.59 Å². The average molecular weight is 295 g/mol. The van der Waals surface area contributed by atoms with Crippen molar-refractivity contribution in [3.8, 4) is 0 Å². The second-order valence-electron chi connectivity index (χ2n) is 5.10. The van der Waals surface area contributed by atoms with E-state index in [1.165, 1.54) is 19.9 Å². The Morgan fingerprint density at radius 1 is 1.43 bits per heavy atom. The second-order valence-corrected chi connectivity index (χ2v) is 5.10. The number of hydrogen-bond donors (Lipinski definition) is 1. The van der Waals surface area contributed by atoms with Gasteiger partial charge in [0.15, 0.2) is 5.60 Å². The number of amides is 1. The van der Waals surface area contributed by atoms with Gasteiger partial charge in [-0.05, 0) is 31.5 Å². The third-order valence-electron chi connectivity index (χ3n) is 3.31. The number of esters is 1. The number of Topliss-reactive ketones (excluding diaryl/α,β-unsaturated/α-hetero) is 1. The summed E-state index contributed by atoms with van der Waals surface area (Å²) in [5.74, 6) is -3.35. The highest BCUT2D eigenvalue weighted by Gasteiger charge is 2.43. The molecule has 0 aliphatic carbocycles. The molecule has 1 unspecified atom stereocenters. The summed E-state index contributed by atoms with van der Waals surface area (Å²) in [5, 5.41) is 10.1. The van der Waals surface area contributed by atoms with Crippen molar-refractivity contribution in [2.45, 2.75) is 19.4 Å². The number of ketones is 1. The van der Waals surface area contributed by atoms with E-state index in [1.54, 1.807) is 0 Å². The molecule has 112 valence electrons. The maximum Gasteiger partial charge on any atom is 0.339 e. The fraction of sp³-hybridized carbons (Fsp3) is 0.357. The second kappa shape index (κ2) is 4.92. The number of halogens is 1. The number of aryl methyl sites for hydroxylation is 1. The molecule has 2 rings (SSSR count). The lowest BCUT2D eigenvalue weighted by atomic mass is 10.1. The van der Waals surface area contributed by atoms with Crippen LogP contribution in [0.3, 0.4) is 0 Å². The lowest BCUT2D eigenvalue weighted by Gasteiger charge is -2.27. The van der Waals surface area contributed by atoms with Crippen LogP contribution in [0.4, 0.5) is 10.1 Å². The summed E-state index contributed by atoms with van der Waals surface area (Å²) >= 11 is 0. The lowest BCUT2D eigenvalue weighted by Crippen LogP contribution is -2.49. The lowest BCUT2D eigenvalue weighted by molar-refractivity contribution is -0.159. The third kappa shape index (κ3) is 2.40. The number of carbonyl (C=O) groups excluding carboxylic acids is 3. The number of β-amino-alcohol motifs (C(OH)–C–C–N with tert-alkyl or cyclic N) is 1. The summed E-state index contributed by atoms with van der Waals surface area (Å²) in [6, 6.07) is 2.14. The topological polar surface area (TPSA) is 83.9 Å². The van der Waals surface area contributed by atoms with Gasteiger partial charge in [0.1, 0.15) is 5.82 Å². The van der Waals surface area contributed by atoms with Crippen LogP contribution in [-0.4, -0.2) is 42.0 Å². The maximum absolute atomic E-state index is 13.4. The van der Waals surface area contributed by atoms with Gasteiger partial charge in [0.05, 0.1) is 24.9 Å². The molecule has 0 saturated carbocycles. The number of nitrogens with zero attached hydrogens (tertiary/aromatic N) is 1. The monoisotopic (exact) mass is 295 g/mol. The first-order valence-corrected chi connectivity index (χ1v) is 6.16. The minimum Gasteiger partial charge on any atom is -0.467 e. The van der Waals surface area contributed by atoms with Gasteiger partial charge >= 0.3 is 5.97 Å². The molecule has 1 aromatic carbocycles. The minimum absolute atomic E-state index is 0.0711. The Balaban J connectivity index is 2.47. The Hall–Kier alpha value is -2.28. The van der Waals surface area contributed by atoms with Gasteiger partial charge in [-0.2, -0.15) is 0 Å². The standard InChI is InChI=1S/C14H14FNO5/c1-7-4-8(15)5-9-10(7)16(12(18)11(9)17)6-14(2,20)13(19)21-3/h4-5,20H,6H2,1-3H3. The predicted octanol–water partition coefficient (Wildman–Crippen LogP) is 0.587. The summed E-state index contributed by atoms with van der Waals surface area (Å²) in [4.78, 5) is 36.4. The van der Waals surface area contributed by atoms with Crippen LogP contribution >= 0.6 is 0 Å². The van der Waals surface area contributed by atoms with Crippen molar-refractivity contribution >= 4 is 23.3 Å². The summed E-state index contributed by atoms with van der Waals surface area (Å²) in [5.41, 5.74) is -1.48. The van der Waals surface area contributed by atoms with Crippen LogP contribution < -0.4 is 4.90 Å². The number of ether oxygens (including phenoxy) is 1. The van der Waals surface area contributed by atoms with Crippen molar-refractivity contribution in [2.75, 3.05) is 18.6 Å². The predicted molar refractivity (Wildman–Crippen MR) is 70.5 cm³/mol. The SMILES string of the molecule is COC(=O)C(C)(O)CN1C(=O)C(=O)c2cc(F)cc(C)c21. The Bertz CT molecular complexity index is 653. The van der Waals surface area contributed by atoms with E-state index in [2.05, 4.69) is 4.74 Å². The molecule has 1 aromatic rings. The van der Waals surface area contributed by atoms with Crippen LogP contribution in [0.15, 0.2) is 12.1 Å². The van der Waals surface area contributed by atoms with Crippen molar-refractivity contribution in [1.29, 1.82) is 0 Å². The quantitative estimate of drug-likeness (QED) is 0.651. The van der Waals surface area contributed by atoms with Gasteiger partial charge in [-0.25, -0.2) is 9.18 Å². The summed E-state index contributed by atoms with van der Waals surface area (Å²) in [6.07, 6.45) is 0. The van der Waals surface area contributed by atoms with E-state index >= 15 is 0 Å². The Morgan fingerprint density at radius 3 is 2.62 bits per heavy atom. The summed E-state index contributed by atoms with van der Waals surface area (Å²) in [7, 11) is 1.10. The van der Waals surface area contributed by atoms with E-state index in [4.69, 9.17) is 0 Å². The highest BCUT2D eigenvalue weighted by atomic mass is 19.1. The normalized spacial score (nSPS) is 16.7. The summed E-state index contributed by atoms with van der Waals surface area (Å²) in [6.45, 7) is 2.25. The highest BCUT2D eigenvalue weighted by molar-refractivity contribution is 6.52. The van der Waals surface area contributed by atoms with Crippen LogP contribution in [0.25, 0.3) is 0 Å². The van der Waals surface area contributed by atoms with Gasteiger partial charge in [0.25, 0.3) is 11.7 Å². The van der Waals surface area contributed by atoms with Gasteiger partial charge in [-0.1, -0.05) is 0 Å². The van der Waals surface area contributed by atoms with Crippen LogP contribution in [0.2, 0.25) is 0 Å². The summed E-state index contributed by atoms with van der Waals surface area (Å²) < 4.78 is 17.8. The Morgan fingerprint density at radius 2 is 2.05 bits per heavy atom. The highest BCUT2D eigenvalue weighted by Crippen LogP contribution is 2.34. The molecule has 1 aliphatic rings. The van der Waals surface area contributed by atoms with Crippen LogP contribution in [0.1, 0.15) is 22.8 Å². The van der Waals surface area contributed by atoms with E-state index in [-0.39, 0.29) is 11.3 Å². The molecule has 21 heavy (non-hydrogen) atoms. The van der Waals surface area contributed by atoms with Crippen LogP contribution in [0.5, 0.6) is 0 Å². The van der Waals surface area contributed by atoms with E-state index < -0.39 is 35.6 Å². The molecule has 0 fully saturated rings. The van der Waals surface area contributed by atoms with Crippen LogP contribution in [0, 0.1) is 12.7 Å². The number of aliphatic hydroxyl groups is 1. The van der Waals surface area contributed by atoms with Crippen LogP contribution in [-0.2, 0) is 14.3 Å². The van der Waals surface area contributed by atoms with Crippen molar-refractivity contribution < 1.29 is 28.6 Å². The molecule has 6 nitrogen and oxygen atoms in total. The first-order chi connectivity index (χ1) is 9.69. The number of methoxy groups -OCH3 is 1. The molecular weight excluding hydrogens is 281 g/mol. The van der Waals surface area contributed by atoms with E-state index in [9.17, 15) is 23.9 Å². The Kier molecular flexibility index (Phi) is 3.54. The van der Waals surface area contributed by atoms with Crippen molar-refractivity contribution in [3.63, 3.8) is 0 Å². The molecular formula is C14H14FNO5. The number of benzene rings is 1. The molecule has 1 aliphatic heterocycles. The Labute approximate surface area is 120 Å². The zero-order valence-electron chi connectivity index (χ0n) is 11.8. The van der Waals surface area contributed by atoms with E-state index in [0.717, 1.165) is 18.1 Å². The zero-order valence-corrected chi connectivity index (χ0v) is 11.8. The van der Waals surface area contributed by atoms with E-state index in [1.807, 2.05) is 0 Å². The molecule has 0 bridgehead atoms. The van der Waals surface area contributed by atoms with Crippen molar-refractivity contribution in [3.05, 3.63) is 29.1 Å². The third-order valence-corrected chi connectivity index (χ3v) is 3.31. The average Bonchev–Trinajstić information content (AvgIpc) is 2.63.